The largest absolute Gasteiger partial charge is 0.370 e. The molecule has 0 aromatic carbocycles. The normalized spacial score (nSPS) is 19.2. The van der Waals surface area contributed by atoms with Crippen LogP contribution >= 0.6 is 0 Å². The number of unbranched alkanes of at least 4 members (excludes halogenated alkanes) is 1. The summed E-state index contributed by atoms with van der Waals surface area (Å²) in [6.45, 7) is 5.57. The van der Waals surface area contributed by atoms with Gasteiger partial charge in [0.05, 0.1) is 11.5 Å². The lowest BCUT2D eigenvalue weighted by atomic mass is 10.2. The van der Waals surface area contributed by atoms with Gasteiger partial charge in [0.15, 0.2) is 9.84 Å². The van der Waals surface area contributed by atoms with Crippen molar-refractivity contribution in [2.45, 2.75) is 45.1 Å². The number of hydrogen-bond donors (Lipinski definition) is 2. The Kier molecular flexibility index (Phi) is 8.21. The first-order valence-corrected chi connectivity index (χ1v) is 9.69. The van der Waals surface area contributed by atoms with Gasteiger partial charge in [0.1, 0.15) is 0 Å². The summed E-state index contributed by atoms with van der Waals surface area (Å²) in [5, 5.41) is 3.45. The molecule has 6 nitrogen and oxygen atoms in total. The third-order valence-corrected chi connectivity index (χ3v) is 5.48. The number of carbonyl (C=O) groups excluding carboxylic acids is 1. The lowest BCUT2D eigenvalue weighted by Gasteiger charge is -2.25. The number of amides is 1. The van der Waals surface area contributed by atoms with Gasteiger partial charge in [-0.2, -0.15) is 0 Å². The van der Waals surface area contributed by atoms with Crippen molar-refractivity contribution in [1.29, 1.82) is 0 Å². The minimum atomic E-state index is -3.19. The zero-order chi connectivity index (χ0) is 15.7. The molecule has 1 rings (SSSR count). The molecule has 21 heavy (non-hydrogen) atoms. The summed E-state index contributed by atoms with van der Waals surface area (Å²) in [4.78, 5) is 12.9. The van der Waals surface area contributed by atoms with Crippen LogP contribution in [0.4, 0.5) is 0 Å². The molecule has 1 aliphatic heterocycles. The van der Waals surface area contributed by atoms with E-state index in [1.807, 2.05) is 0 Å². The highest BCUT2D eigenvalue weighted by molar-refractivity contribution is 7.91. The van der Waals surface area contributed by atoms with E-state index in [0.29, 0.717) is 12.6 Å². The van der Waals surface area contributed by atoms with Gasteiger partial charge < -0.3 is 16.0 Å². The van der Waals surface area contributed by atoms with Crippen LogP contribution < -0.4 is 11.1 Å². The fraction of sp³-hybridized carbons (Fsp3) is 0.929. The van der Waals surface area contributed by atoms with Gasteiger partial charge in [-0.05, 0) is 32.4 Å². The fourth-order valence-electron chi connectivity index (χ4n) is 2.53. The molecule has 3 N–H and O–H groups in total. The molecular formula is C14H29N3O3S. The third kappa shape index (κ3) is 8.38. The van der Waals surface area contributed by atoms with Crippen molar-refractivity contribution < 1.29 is 13.2 Å². The number of nitrogens with zero attached hydrogens (tertiary/aromatic N) is 1. The van der Waals surface area contributed by atoms with Crippen LogP contribution in [0, 0.1) is 0 Å². The second kappa shape index (κ2) is 9.38. The van der Waals surface area contributed by atoms with Crippen LogP contribution in [0.2, 0.25) is 0 Å². The molecule has 1 fully saturated rings. The first-order valence-electron chi connectivity index (χ1n) is 7.87. The molecule has 0 saturated carbocycles. The summed E-state index contributed by atoms with van der Waals surface area (Å²) in [5.41, 5.74) is 5.01. The third-order valence-electron chi connectivity index (χ3n) is 3.85. The molecule has 1 saturated heterocycles. The van der Waals surface area contributed by atoms with Crippen molar-refractivity contribution >= 4 is 15.7 Å². The standard InChI is InChI=1S/C14H29N3O3S/c1-2-3-8-17(12-13-5-4-7-16-13)9-11-21(19,20)10-6-14(15)18/h13,16H,2-12H2,1H3,(H2,15,18). The molecule has 0 aromatic rings. The Balaban J connectivity index is 2.41. The summed E-state index contributed by atoms with van der Waals surface area (Å²) < 4.78 is 23.8. The lowest BCUT2D eigenvalue weighted by Crippen LogP contribution is -2.40. The van der Waals surface area contributed by atoms with Gasteiger partial charge in [-0.3, -0.25) is 4.79 Å². The van der Waals surface area contributed by atoms with Crippen molar-refractivity contribution in [3.05, 3.63) is 0 Å². The monoisotopic (exact) mass is 319 g/mol. The van der Waals surface area contributed by atoms with Crippen LogP contribution in [0.15, 0.2) is 0 Å². The number of nitrogens with two attached hydrogens (primary N) is 1. The van der Waals surface area contributed by atoms with Crippen LogP contribution in [-0.2, 0) is 14.6 Å². The zero-order valence-corrected chi connectivity index (χ0v) is 13.8. The van der Waals surface area contributed by atoms with Crippen LogP contribution in [0.1, 0.15) is 39.0 Å². The SMILES string of the molecule is CCCCN(CCS(=O)(=O)CCC(N)=O)CC1CCCN1. The first kappa shape index (κ1) is 18.4. The van der Waals surface area contributed by atoms with E-state index in [1.165, 1.54) is 6.42 Å². The second-order valence-electron chi connectivity index (χ2n) is 5.82. The van der Waals surface area contributed by atoms with Crippen LogP contribution in [0.3, 0.4) is 0 Å². The van der Waals surface area contributed by atoms with Crippen LogP contribution in [-0.4, -0.2) is 63.0 Å². The minimum Gasteiger partial charge on any atom is -0.370 e. The molecule has 0 bridgehead atoms. The number of sulfone groups is 1. The predicted octanol–water partition coefficient (Wildman–Crippen LogP) is 0.131. The molecule has 1 aliphatic rings. The van der Waals surface area contributed by atoms with E-state index in [4.69, 9.17) is 5.73 Å². The maximum Gasteiger partial charge on any atom is 0.218 e. The summed E-state index contributed by atoms with van der Waals surface area (Å²) in [6.07, 6.45) is 4.46. The van der Waals surface area contributed by atoms with Gasteiger partial charge in [0.25, 0.3) is 0 Å². The maximum absolute atomic E-state index is 11.9. The van der Waals surface area contributed by atoms with Gasteiger partial charge in [-0.25, -0.2) is 8.42 Å². The van der Waals surface area contributed by atoms with Crippen molar-refractivity contribution in [1.82, 2.24) is 10.2 Å². The molecule has 1 atom stereocenters. The van der Waals surface area contributed by atoms with Crippen molar-refractivity contribution in [3.63, 3.8) is 0 Å². The quantitative estimate of drug-likeness (QED) is 0.565. The number of rotatable bonds is 11. The minimum absolute atomic E-state index is 0.0819. The molecule has 0 aromatic heterocycles. The van der Waals surface area contributed by atoms with E-state index in [9.17, 15) is 13.2 Å². The van der Waals surface area contributed by atoms with Crippen LogP contribution in [0.25, 0.3) is 0 Å². The van der Waals surface area contributed by atoms with E-state index >= 15 is 0 Å². The van der Waals surface area contributed by atoms with E-state index in [2.05, 4.69) is 17.1 Å². The van der Waals surface area contributed by atoms with Crippen LogP contribution in [0.5, 0.6) is 0 Å². The second-order valence-corrected chi connectivity index (χ2v) is 8.12. The van der Waals surface area contributed by atoms with E-state index in [-0.39, 0.29) is 17.9 Å². The Labute approximate surface area is 128 Å². The van der Waals surface area contributed by atoms with Crippen molar-refractivity contribution in [3.8, 4) is 0 Å². The number of carbonyl (C=O) groups is 1. The molecule has 1 heterocycles. The molecule has 0 aliphatic carbocycles. The van der Waals surface area contributed by atoms with E-state index in [0.717, 1.165) is 38.9 Å². The fourth-order valence-corrected chi connectivity index (χ4v) is 3.78. The van der Waals surface area contributed by atoms with Crippen molar-refractivity contribution in [2.24, 2.45) is 5.73 Å². The summed E-state index contributed by atoms with van der Waals surface area (Å²) in [7, 11) is -3.19. The van der Waals surface area contributed by atoms with E-state index < -0.39 is 15.7 Å². The molecule has 0 radical (unpaired) electrons. The molecule has 0 spiro atoms. The molecule has 7 heteroatoms. The number of primary amides is 1. The lowest BCUT2D eigenvalue weighted by molar-refractivity contribution is -0.117. The highest BCUT2D eigenvalue weighted by atomic mass is 32.2. The Morgan fingerprint density at radius 2 is 2.10 bits per heavy atom. The van der Waals surface area contributed by atoms with Gasteiger partial charge in [-0.1, -0.05) is 13.3 Å². The zero-order valence-electron chi connectivity index (χ0n) is 13.0. The first-order chi connectivity index (χ1) is 9.93. The summed E-state index contributed by atoms with van der Waals surface area (Å²) in [6, 6.07) is 0.482. The number of nitrogens with one attached hydrogen (secondary N) is 1. The molecule has 1 unspecified atom stereocenters. The Morgan fingerprint density at radius 3 is 2.67 bits per heavy atom. The van der Waals surface area contributed by atoms with Crippen molar-refractivity contribution in [2.75, 3.05) is 37.7 Å². The Bertz CT molecular complexity index is 406. The average molecular weight is 319 g/mol. The Hall–Kier alpha value is -0.660. The summed E-state index contributed by atoms with van der Waals surface area (Å²) >= 11 is 0. The predicted molar refractivity (Wildman–Crippen MR) is 84.8 cm³/mol. The van der Waals surface area contributed by atoms with E-state index in [1.54, 1.807) is 0 Å². The summed E-state index contributed by atoms with van der Waals surface area (Å²) in [5.74, 6) is -0.584. The topological polar surface area (TPSA) is 92.5 Å². The number of hydrogen-bond acceptors (Lipinski definition) is 5. The van der Waals surface area contributed by atoms with Gasteiger partial charge in [0, 0.05) is 25.6 Å². The smallest absolute Gasteiger partial charge is 0.218 e. The molecule has 124 valence electrons. The highest BCUT2D eigenvalue weighted by Gasteiger charge is 2.20. The maximum atomic E-state index is 11.9. The van der Waals surface area contributed by atoms with Gasteiger partial charge in [0.2, 0.25) is 5.91 Å². The molecule has 1 amide bonds. The average Bonchev–Trinajstić information content (AvgIpc) is 2.93. The Morgan fingerprint density at radius 1 is 1.33 bits per heavy atom. The molecular weight excluding hydrogens is 290 g/mol. The highest BCUT2D eigenvalue weighted by Crippen LogP contribution is 2.08. The van der Waals surface area contributed by atoms with Gasteiger partial charge in [-0.15, -0.1) is 0 Å². The van der Waals surface area contributed by atoms with Gasteiger partial charge >= 0.3 is 0 Å².